The van der Waals surface area contributed by atoms with Crippen LogP contribution in [0.5, 0.6) is 0 Å². The van der Waals surface area contributed by atoms with Crippen LogP contribution in [-0.2, 0) is 4.79 Å². The molecule has 0 aliphatic heterocycles. The van der Waals surface area contributed by atoms with Gasteiger partial charge in [-0.1, -0.05) is 24.8 Å². The Kier molecular flexibility index (Phi) is 1.76. The molecule has 0 spiro atoms. The van der Waals surface area contributed by atoms with Gasteiger partial charge in [-0.3, -0.25) is 4.79 Å². The average Bonchev–Trinajstić information content (AvgIpc) is 1.95. The maximum atomic E-state index is 11.0. The highest BCUT2D eigenvalue weighted by Gasteiger charge is 2.32. The van der Waals surface area contributed by atoms with Crippen molar-refractivity contribution in [3.8, 4) is 0 Å². The maximum Gasteiger partial charge on any atom is 0.249 e. The Bertz CT molecular complexity index is 259. The third kappa shape index (κ3) is 1.29. The highest BCUT2D eigenvalue weighted by Crippen LogP contribution is 2.16. The second-order valence-corrected chi connectivity index (χ2v) is 2.24. The molecule has 0 aromatic carbocycles. The van der Waals surface area contributed by atoms with Gasteiger partial charge in [0.05, 0.1) is 0 Å². The SMILES string of the molecule is C=CC1=CC=CC(O)(O)C1=O. The van der Waals surface area contributed by atoms with E-state index in [0.29, 0.717) is 0 Å². The maximum absolute atomic E-state index is 11.0. The van der Waals surface area contributed by atoms with Crippen molar-refractivity contribution in [1.82, 2.24) is 0 Å². The van der Waals surface area contributed by atoms with E-state index in [2.05, 4.69) is 6.58 Å². The lowest BCUT2D eigenvalue weighted by molar-refractivity contribution is -0.161. The van der Waals surface area contributed by atoms with Crippen LogP contribution in [0.1, 0.15) is 0 Å². The highest BCUT2D eigenvalue weighted by atomic mass is 16.5. The molecule has 0 heterocycles. The first-order valence-electron chi connectivity index (χ1n) is 3.09. The summed E-state index contributed by atoms with van der Waals surface area (Å²) in [5, 5.41) is 18.0. The van der Waals surface area contributed by atoms with Crippen LogP contribution in [0.4, 0.5) is 0 Å². The molecular weight excluding hydrogens is 144 g/mol. The first-order valence-corrected chi connectivity index (χ1v) is 3.09. The van der Waals surface area contributed by atoms with Crippen LogP contribution in [0.2, 0.25) is 0 Å². The molecule has 58 valence electrons. The Labute approximate surface area is 64.0 Å². The summed E-state index contributed by atoms with van der Waals surface area (Å²) in [6.45, 7) is 3.36. The summed E-state index contributed by atoms with van der Waals surface area (Å²) in [6, 6.07) is 0. The van der Waals surface area contributed by atoms with E-state index < -0.39 is 11.6 Å². The standard InChI is InChI=1S/C8H8O3/c1-2-6-4-3-5-8(10,11)7(6)9/h2-5,10-11H,1H2. The molecule has 1 rings (SSSR count). The Morgan fingerprint density at radius 1 is 1.55 bits per heavy atom. The van der Waals surface area contributed by atoms with E-state index >= 15 is 0 Å². The lowest BCUT2D eigenvalue weighted by Crippen LogP contribution is -2.38. The van der Waals surface area contributed by atoms with Crippen molar-refractivity contribution in [1.29, 1.82) is 0 Å². The highest BCUT2D eigenvalue weighted by molar-refractivity contribution is 6.05. The second kappa shape index (κ2) is 2.45. The Morgan fingerprint density at radius 3 is 2.64 bits per heavy atom. The number of allylic oxidation sites excluding steroid dienone is 3. The zero-order valence-corrected chi connectivity index (χ0v) is 5.82. The summed E-state index contributed by atoms with van der Waals surface area (Å²) in [5.41, 5.74) is 0.206. The van der Waals surface area contributed by atoms with Crippen LogP contribution in [0, 0.1) is 0 Å². The molecule has 0 bridgehead atoms. The van der Waals surface area contributed by atoms with E-state index in [-0.39, 0.29) is 5.57 Å². The van der Waals surface area contributed by atoms with E-state index in [1.807, 2.05) is 0 Å². The topological polar surface area (TPSA) is 57.5 Å². The normalized spacial score (nSPS) is 21.3. The molecule has 0 aromatic rings. The Morgan fingerprint density at radius 2 is 2.18 bits per heavy atom. The van der Waals surface area contributed by atoms with Crippen molar-refractivity contribution < 1.29 is 15.0 Å². The molecule has 1 aliphatic carbocycles. The molecule has 3 heteroatoms. The number of hydrogen-bond donors (Lipinski definition) is 2. The van der Waals surface area contributed by atoms with Crippen LogP contribution >= 0.6 is 0 Å². The molecular formula is C8H8O3. The molecule has 1 aliphatic rings. The second-order valence-electron chi connectivity index (χ2n) is 2.24. The molecule has 0 fully saturated rings. The van der Waals surface area contributed by atoms with Crippen LogP contribution in [0.15, 0.2) is 36.5 Å². The third-order valence-electron chi connectivity index (χ3n) is 1.42. The quantitative estimate of drug-likeness (QED) is 0.516. The predicted octanol–water partition coefficient (Wildman–Crippen LogP) is -0.0814. The van der Waals surface area contributed by atoms with Crippen molar-refractivity contribution in [2.45, 2.75) is 5.79 Å². The number of carbonyl (C=O) groups is 1. The Hall–Kier alpha value is -1.19. The first-order chi connectivity index (χ1) is 5.08. The van der Waals surface area contributed by atoms with Crippen LogP contribution in [0.25, 0.3) is 0 Å². The van der Waals surface area contributed by atoms with E-state index in [1.54, 1.807) is 0 Å². The van der Waals surface area contributed by atoms with Crippen molar-refractivity contribution in [2.75, 3.05) is 0 Å². The van der Waals surface area contributed by atoms with Crippen LogP contribution in [-0.4, -0.2) is 21.8 Å². The smallest absolute Gasteiger partial charge is 0.249 e. The molecule has 11 heavy (non-hydrogen) atoms. The van der Waals surface area contributed by atoms with Gasteiger partial charge in [0, 0.05) is 5.57 Å². The van der Waals surface area contributed by atoms with Crippen molar-refractivity contribution in [3.63, 3.8) is 0 Å². The minimum Gasteiger partial charge on any atom is -0.356 e. The van der Waals surface area contributed by atoms with Gasteiger partial charge in [-0.25, -0.2) is 0 Å². The van der Waals surface area contributed by atoms with E-state index in [0.717, 1.165) is 6.08 Å². The van der Waals surface area contributed by atoms with Gasteiger partial charge in [-0.2, -0.15) is 0 Å². The molecule has 0 amide bonds. The van der Waals surface area contributed by atoms with Gasteiger partial charge in [-0.05, 0) is 6.08 Å². The van der Waals surface area contributed by atoms with Crippen LogP contribution < -0.4 is 0 Å². The zero-order chi connectivity index (χ0) is 8.48. The van der Waals surface area contributed by atoms with E-state index in [9.17, 15) is 4.79 Å². The molecule has 2 N–H and O–H groups in total. The monoisotopic (exact) mass is 152 g/mol. The fraction of sp³-hybridized carbons (Fsp3) is 0.125. The number of hydrogen-bond acceptors (Lipinski definition) is 3. The van der Waals surface area contributed by atoms with Gasteiger partial charge < -0.3 is 10.2 Å². The molecule has 0 aromatic heterocycles. The van der Waals surface area contributed by atoms with Gasteiger partial charge in [0.25, 0.3) is 0 Å². The van der Waals surface area contributed by atoms with Gasteiger partial charge in [0.1, 0.15) is 0 Å². The summed E-state index contributed by atoms with van der Waals surface area (Å²) < 4.78 is 0. The summed E-state index contributed by atoms with van der Waals surface area (Å²) in [7, 11) is 0. The molecule has 3 nitrogen and oxygen atoms in total. The van der Waals surface area contributed by atoms with Crippen molar-refractivity contribution >= 4 is 5.78 Å². The molecule has 0 saturated heterocycles. The summed E-state index contributed by atoms with van der Waals surface area (Å²) in [4.78, 5) is 11.0. The molecule has 0 atom stereocenters. The predicted molar refractivity (Wildman–Crippen MR) is 39.6 cm³/mol. The lowest BCUT2D eigenvalue weighted by atomic mass is 9.98. The minimum atomic E-state index is -2.35. The fourth-order valence-electron chi connectivity index (χ4n) is 0.811. The first kappa shape index (κ1) is 7.91. The number of ketones is 1. The fourth-order valence-corrected chi connectivity index (χ4v) is 0.811. The zero-order valence-electron chi connectivity index (χ0n) is 5.82. The van der Waals surface area contributed by atoms with Crippen LogP contribution in [0.3, 0.4) is 0 Å². The number of carbonyl (C=O) groups excluding carboxylic acids is 1. The summed E-state index contributed by atoms with van der Waals surface area (Å²) in [6.07, 6.45) is 5.17. The average molecular weight is 152 g/mol. The van der Waals surface area contributed by atoms with Crippen molar-refractivity contribution in [3.05, 3.63) is 36.5 Å². The largest absolute Gasteiger partial charge is 0.356 e. The van der Waals surface area contributed by atoms with Gasteiger partial charge in [0.15, 0.2) is 0 Å². The van der Waals surface area contributed by atoms with Gasteiger partial charge in [0.2, 0.25) is 11.6 Å². The minimum absolute atomic E-state index is 0.206. The number of aliphatic hydroxyl groups is 2. The summed E-state index contributed by atoms with van der Waals surface area (Å²) >= 11 is 0. The Balaban J connectivity index is 3.05. The molecule has 0 unspecified atom stereocenters. The van der Waals surface area contributed by atoms with Crippen molar-refractivity contribution in [2.24, 2.45) is 0 Å². The molecule has 0 saturated carbocycles. The van der Waals surface area contributed by atoms with Gasteiger partial charge in [-0.15, -0.1) is 0 Å². The lowest BCUT2D eigenvalue weighted by Gasteiger charge is -2.18. The van der Waals surface area contributed by atoms with E-state index in [4.69, 9.17) is 10.2 Å². The van der Waals surface area contributed by atoms with Gasteiger partial charge >= 0.3 is 0 Å². The van der Waals surface area contributed by atoms with E-state index in [1.165, 1.54) is 18.2 Å². The number of rotatable bonds is 1. The third-order valence-corrected chi connectivity index (χ3v) is 1.42. The number of Topliss-reactive ketones (excluding diaryl/α,β-unsaturated/α-hetero) is 1. The summed E-state index contributed by atoms with van der Waals surface area (Å²) in [5.74, 6) is -3.09. The molecule has 0 radical (unpaired) electrons.